The van der Waals surface area contributed by atoms with Crippen molar-refractivity contribution in [1.82, 2.24) is 30.0 Å². The van der Waals surface area contributed by atoms with Gasteiger partial charge in [-0.15, -0.1) is 0 Å². The van der Waals surface area contributed by atoms with Crippen LogP contribution in [0.15, 0.2) is 55.0 Å². The van der Waals surface area contributed by atoms with Gasteiger partial charge in [-0.25, -0.2) is 14.8 Å². The maximum Gasteiger partial charge on any atom is 0.322 e. The lowest BCUT2D eigenvalue weighted by atomic mass is 10.0. The van der Waals surface area contributed by atoms with Crippen molar-refractivity contribution in [3.05, 3.63) is 55.0 Å². The van der Waals surface area contributed by atoms with E-state index in [9.17, 15) is 4.79 Å². The third-order valence-corrected chi connectivity index (χ3v) is 5.73. The van der Waals surface area contributed by atoms with Gasteiger partial charge < -0.3 is 20.3 Å². The molecule has 0 radical (unpaired) electrons. The first-order chi connectivity index (χ1) is 16.1. The fourth-order valence-electron chi connectivity index (χ4n) is 4.10. The van der Waals surface area contributed by atoms with Gasteiger partial charge in [0.1, 0.15) is 17.8 Å². The molecule has 2 amide bonds. The highest BCUT2D eigenvalue weighted by atomic mass is 16.5. The minimum Gasteiger partial charge on any atom is -0.494 e. The van der Waals surface area contributed by atoms with Crippen molar-refractivity contribution >= 4 is 22.6 Å². The molecule has 0 saturated carbocycles. The zero-order valence-corrected chi connectivity index (χ0v) is 18.6. The van der Waals surface area contributed by atoms with E-state index < -0.39 is 0 Å². The van der Waals surface area contributed by atoms with Crippen LogP contribution in [0.2, 0.25) is 0 Å². The highest BCUT2D eigenvalue weighted by Crippen LogP contribution is 2.37. The maximum atomic E-state index is 12.9. The van der Waals surface area contributed by atoms with Crippen molar-refractivity contribution in [1.29, 1.82) is 0 Å². The molecule has 5 rings (SSSR count). The monoisotopic (exact) mass is 443 g/mol. The summed E-state index contributed by atoms with van der Waals surface area (Å²) < 4.78 is 7.34. The largest absolute Gasteiger partial charge is 0.494 e. The van der Waals surface area contributed by atoms with Crippen LogP contribution in [0.3, 0.4) is 0 Å². The second kappa shape index (κ2) is 8.87. The third-order valence-electron chi connectivity index (χ3n) is 5.73. The average molecular weight is 444 g/mol. The van der Waals surface area contributed by atoms with Gasteiger partial charge in [0, 0.05) is 62.0 Å². The molecule has 1 saturated heterocycles. The number of benzene rings is 2. The lowest BCUT2D eigenvalue weighted by Gasteiger charge is -2.27. The molecule has 33 heavy (non-hydrogen) atoms. The highest BCUT2D eigenvalue weighted by Gasteiger charge is 2.21. The van der Waals surface area contributed by atoms with Crippen LogP contribution in [0.4, 0.5) is 10.5 Å². The summed E-state index contributed by atoms with van der Waals surface area (Å²) in [6.07, 6.45) is 3.49. The molecule has 0 bridgehead atoms. The zero-order valence-electron chi connectivity index (χ0n) is 18.6. The minimum atomic E-state index is -0.154. The van der Waals surface area contributed by atoms with Crippen molar-refractivity contribution in [3.63, 3.8) is 0 Å². The second-order valence-electron chi connectivity index (χ2n) is 7.89. The maximum absolute atomic E-state index is 12.9. The number of methoxy groups -OCH3 is 1. The Hall–Kier alpha value is -3.98. The van der Waals surface area contributed by atoms with Crippen molar-refractivity contribution < 1.29 is 9.53 Å². The first kappa shape index (κ1) is 20.9. The van der Waals surface area contributed by atoms with Crippen LogP contribution in [-0.4, -0.2) is 64.0 Å². The molecular formula is C24H25N7O2. The van der Waals surface area contributed by atoms with Gasteiger partial charge in [0.15, 0.2) is 0 Å². The first-order valence-corrected chi connectivity index (χ1v) is 10.8. The molecular weight excluding hydrogens is 418 g/mol. The standard InChI is InChI=1S/C24H25N7O2/c1-30-14-18(22(29-30)16-6-4-3-5-7-16)23-17-12-20(21(33-2)13-19(17)26-15-27-23)28-24(32)31-10-8-25-9-11-31/h3-7,12-15,25H,8-11H2,1-2H3,(H,28,32). The number of hydrogen-bond acceptors (Lipinski definition) is 6. The molecule has 1 fully saturated rings. The lowest BCUT2D eigenvalue weighted by molar-refractivity contribution is 0.203. The Kier molecular flexibility index (Phi) is 5.62. The number of aryl methyl sites for hydroxylation is 1. The molecule has 0 atom stereocenters. The van der Waals surface area contributed by atoms with Gasteiger partial charge in [-0.2, -0.15) is 5.10 Å². The summed E-state index contributed by atoms with van der Waals surface area (Å²) in [5, 5.41) is 11.8. The Labute approximate surface area is 191 Å². The molecule has 1 aliphatic rings. The number of anilines is 1. The molecule has 0 aliphatic carbocycles. The molecule has 1 aliphatic heterocycles. The molecule has 0 spiro atoms. The SMILES string of the molecule is COc1cc2ncnc(-c3cn(C)nc3-c3ccccc3)c2cc1NC(=O)N1CCNCC1. The van der Waals surface area contributed by atoms with Gasteiger partial charge in [-0.05, 0) is 6.07 Å². The topological polar surface area (TPSA) is 97.2 Å². The number of hydrogen-bond donors (Lipinski definition) is 2. The molecule has 9 heteroatoms. The van der Waals surface area contributed by atoms with Gasteiger partial charge in [0.2, 0.25) is 0 Å². The predicted molar refractivity (Wildman–Crippen MR) is 127 cm³/mol. The van der Waals surface area contributed by atoms with Crippen LogP contribution in [0.5, 0.6) is 5.75 Å². The molecule has 2 N–H and O–H groups in total. The fraction of sp³-hybridized carbons (Fsp3) is 0.250. The van der Waals surface area contributed by atoms with Crippen LogP contribution in [0.25, 0.3) is 33.4 Å². The number of carbonyl (C=O) groups is 1. The summed E-state index contributed by atoms with van der Waals surface area (Å²) in [6.45, 7) is 2.88. The summed E-state index contributed by atoms with van der Waals surface area (Å²) in [7, 11) is 3.47. The zero-order chi connectivity index (χ0) is 22.8. The number of carbonyl (C=O) groups excluding carboxylic acids is 1. The van der Waals surface area contributed by atoms with Crippen LogP contribution < -0.4 is 15.4 Å². The Balaban J connectivity index is 1.60. The van der Waals surface area contributed by atoms with Gasteiger partial charge in [-0.3, -0.25) is 4.68 Å². The van der Waals surface area contributed by atoms with Gasteiger partial charge in [-0.1, -0.05) is 30.3 Å². The van der Waals surface area contributed by atoms with E-state index >= 15 is 0 Å². The number of amides is 2. The Morgan fingerprint density at radius 3 is 2.64 bits per heavy atom. The molecule has 4 aromatic rings. The molecule has 3 heterocycles. The lowest BCUT2D eigenvalue weighted by Crippen LogP contribution is -2.48. The van der Waals surface area contributed by atoms with Gasteiger partial charge >= 0.3 is 6.03 Å². The number of rotatable bonds is 4. The minimum absolute atomic E-state index is 0.154. The summed E-state index contributed by atoms with van der Waals surface area (Å²) >= 11 is 0. The van der Waals surface area contributed by atoms with Crippen molar-refractivity contribution in [3.8, 4) is 28.3 Å². The van der Waals surface area contributed by atoms with E-state index in [1.165, 1.54) is 6.33 Å². The molecule has 9 nitrogen and oxygen atoms in total. The van der Waals surface area contributed by atoms with Crippen molar-refractivity contribution in [2.24, 2.45) is 7.05 Å². The summed E-state index contributed by atoms with van der Waals surface area (Å²) in [5.41, 5.74) is 4.77. The Morgan fingerprint density at radius 2 is 1.88 bits per heavy atom. The number of aromatic nitrogens is 4. The van der Waals surface area contributed by atoms with E-state index in [2.05, 4.69) is 25.7 Å². The average Bonchev–Trinajstić information content (AvgIpc) is 3.25. The number of piperazine rings is 1. The first-order valence-electron chi connectivity index (χ1n) is 10.8. The highest BCUT2D eigenvalue weighted by molar-refractivity contribution is 6.01. The molecule has 168 valence electrons. The third kappa shape index (κ3) is 4.10. The van der Waals surface area contributed by atoms with Crippen molar-refractivity contribution in [2.75, 3.05) is 38.6 Å². The van der Waals surface area contributed by atoms with E-state index in [4.69, 9.17) is 4.74 Å². The van der Waals surface area contributed by atoms with Gasteiger partial charge in [0.05, 0.1) is 24.0 Å². The van der Waals surface area contributed by atoms with E-state index in [-0.39, 0.29) is 6.03 Å². The number of ether oxygens (including phenoxy) is 1. The fourth-order valence-corrected chi connectivity index (χ4v) is 4.10. The number of fused-ring (bicyclic) bond motifs is 1. The second-order valence-corrected chi connectivity index (χ2v) is 7.89. The van der Waals surface area contributed by atoms with Crippen LogP contribution in [0, 0.1) is 0 Å². The van der Waals surface area contributed by atoms with E-state index in [1.54, 1.807) is 16.7 Å². The Morgan fingerprint density at radius 1 is 1.09 bits per heavy atom. The predicted octanol–water partition coefficient (Wildman–Crippen LogP) is 3.14. The number of urea groups is 1. The molecule has 0 unspecified atom stereocenters. The van der Waals surface area contributed by atoms with Crippen LogP contribution in [0.1, 0.15) is 0 Å². The molecule has 2 aromatic heterocycles. The summed E-state index contributed by atoms with van der Waals surface area (Å²) in [5.74, 6) is 0.546. The Bertz CT molecular complexity index is 1300. The molecule has 2 aromatic carbocycles. The van der Waals surface area contributed by atoms with Crippen LogP contribution >= 0.6 is 0 Å². The number of nitrogens with one attached hydrogen (secondary N) is 2. The normalized spacial score (nSPS) is 13.8. The quantitative estimate of drug-likeness (QED) is 0.503. The smallest absolute Gasteiger partial charge is 0.322 e. The number of nitrogens with zero attached hydrogens (tertiary/aromatic N) is 5. The van der Waals surface area contributed by atoms with Crippen molar-refractivity contribution in [2.45, 2.75) is 0 Å². The van der Waals surface area contributed by atoms with Gasteiger partial charge in [0.25, 0.3) is 0 Å². The van der Waals surface area contributed by atoms with E-state index in [0.29, 0.717) is 24.5 Å². The van der Waals surface area contributed by atoms with E-state index in [1.807, 2.05) is 55.7 Å². The summed E-state index contributed by atoms with van der Waals surface area (Å²) in [6, 6.07) is 13.6. The van der Waals surface area contributed by atoms with E-state index in [0.717, 1.165) is 46.5 Å². The summed E-state index contributed by atoms with van der Waals surface area (Å²) in [4.78, 5) is 23.7. The van der Waals surface area contributed by atoms with Crippen LogP contribution in [-0.2, 0) is 7.05 Å².